The van der Waals surface area contributed by atoms with Gasteiger partial charge in [0.2, 0.25) is 0 Å². The number of carbonyl (C=O) groups is 1. The Labute approximate surface area is 190 Å². The fourth-order valence-electron chi connectivity index (χ4n) is 5.81. The minimum atomic E-state index is -3.24. The van der Waals surface area contributed by atoms with Crippen LogP contribution in [0.3, 0.4) is 0 Å². The summed E-state index contributed by atoms with van der Waals surface area (Å²) < 4.78 is 0. The molecule has 0 atom stereocenters. The van der Waals surface area contributed by atoms with Crippen molar-refractivity contribution in [2.24, 2.45) is 5.73 Å². The molecule has 30 heavy (non-hydrogen) atoms. The topological polar surface area (TPSA) is 43.1 Å². The number of primary amides is 1. The van der Waals surface area contributed by atoms with Crippen LogP contribution >= 0.6 is 23.6 Å². The summed E-state index contributed by atoms with van der Waals surface area (Å²) in [4.78, 5) is 13.5. The SMILES string of the molecule is Br.CP(c1ccccc1)(c1ccccc1)(c1ccccc1)C1(C(N)=O)CCCCC1. The molecule has 1 fully saturated rings. The minimum absolute atomic E-state index is 0. The standard InChI is InChI=1S/C26H30NOP.BrH/c1-29(22-14-6-2-7-15-22,23-16-8-3-9-17-23,24-18-10-4-11-19-24)26(25(27)28)20-12-5-13-21-26;/h2-4,6-11,14-19H,5,12-13,20-21H2,1H3,(H2,27,28);1H. The van der Waals surface area contributed by atoms with Crippen molar-refractivity contribution in [2.45, 2.75) is 37.3 Å². The molecule has 3 aromatic carbocycles. The van der Waals surface area contributed by atoms with Gasteiger partial charge in [-0.2, -0.15) is 0 Å². The third kappa shape index (κ3) is 2.98. The fraction of sp³-hybridized carbons (Fsp3) is 0.269. The van der Waals surface area contributed by atoms with Crippen LogP contribution in [0.4, 0.5) is 0 Å². The summed E-state index contributed by atoms with van der Waals surface area (Å²) in [6, 6.07) is 32.1. The summed E-state index contributed by atoms with van der Waals surface area (Å²) in [6.45, 7) is -0.848. The van der Waals surface area contributed by atoms with Crippen LogP contribution in [0.1, 0.15) is 32.1 Å². The van der Waals surface area contributed by atoms with Gasteiger partial charge in [0.25, 0.3) is 0 Å². The normalized spacial score (nSPS) is 17.2. The van der Waals surface area contributed by atoms with Crippen LogP contribution in [0.15, 0.2) is 91.0 Å². The molecule has 0 aliphatic heterocycles. The Morgan fingerprint density at radius 2 is 1.03 bits per heavy atom. The number of hydrogen-bond donors (Lipinski definition) is 1. The van der Waals surface area contributed by atoms with E-state index >= 15 is 0 Å². The summed E-state index contributed by atoms with van der Waals surface area (Å²) in [5, 5.41) is 3.15. The van der Waals surface area contributed by atoms with E-state index < -0.39 is 11.8 Å². The van der Waals surface area contributed by atoms with E-state index in [0.29, 0.717) is 0 Å². The Hall–Kier alpha value is -1.96. The van der Waals surface area contributed by atoms with Crippen molar-refractivity contribution in [2.75, 3.05) is 6.66 Å². The number of halogens is 1. The number of nitrogens with two attached hydrogens (primary N) is 1. The number of rotatable bonds is 5. The first-order chi connectivity index (χ1) is 14.0. The molecule has 0 unspecified atom stereocenters. The molecule has 1 amide bonds. The van der Waals surface area contributed by atoms with Gasteiger partial charge in [0.1, 0.15) is 0 Å². The second-order valence-electron chi connectivity index (χ2n) is 8.53. The zero-order chi connectivity index (χ0) is 20.4. The first-order valence-corrected chi connectivity index (χ1v) is 13.2. The van der Waals surface area contributed by atoms with E-state index in [9.17, 15) is 4.79 Å². The summed E-state index contributed by atoms with van der Waals surface area (Å²) >= 11 is 0. The summed E-state index contributed by atoms with van der Waals surface area (Å²) in [7, 11) is 0. The van der Waals surface area contributed by atoms with Crippen LogP contribution in [0, 0.1) is 0 Å². The van der Waals surface area contributed by atoms with Crippen LogP contribution in [0.2, 0.25) is 0 Å². The molecule has 2 nitrogen and oxygen atoms in total. The van der Waals surface area contributed by atoms with Crippen molar-refractivity contribution in [3.05, 3.63) is 91.0 Å². The molecule has 1 saturated carbocycles. The van der Waals surface area contributed by atoms with Gasteiger partial charge in [-0.05, 0) is 0 Å². The molecular formula is C26H31BrNOP. The van der Waals surface area contributed by atoms with Gasteiger partial charge in [-0.15, -0.1) is 17.0 Å². The maximum atomic E-state index is 13.5. The van der Waals surface area contributed by atoms with Crippen LogP contribution in [-0.4, -0.2) is 17.7 Å². The summed E-state index contributed by atoms with van der Waals surface area (Å²) in [6.07, 6.45) is 4.94. The van der Waals surface area contributed by atoms with Crippen molar-refractivity contribution in [1.82, 2.24) is 0 Å². The summed E-state index contributed by atoms with van der Waals surface area (Å²) in [5.74, 6) is -0.145. The molecule has 4 rings (SSSR count). The van der Waals surface area contributed by atoms with Gasteiger partial charge in [0.05, 0.1) is 0 Å². The number of hydrogen-bond acceptors (Lipinski definition) is 1. The van der Waals surface area contributed by atoms with Gasteiger partial charge < -0.3 is 0 Å². The van der Waals surface area contributed by atoms with Crippen molar-refractivity contribution >= 4 is 45.4 Å². The average molecular weight is 484 g/mol. The molecule has 0 heterocycles. The van der Waals surface area contributed by atoms with Crippen LogP contribution in [-0.2, 0) is 4.79 Å². The molecule has 0 radical (unpaired) electrons. The zero-order valence-corrected chi connectivity index (χ0v) is 20.1. The first-order valence-electron chi connectivity index (χ1n) is 10.5. The quantitative estimate of drug-likeness (QED) is 0.514. The molecule has 0 saturated heterocycles. The van der Waals surface area contributed by atoms with Crippen molar-refractivity contribution in [1.29, 1.82) is 0 Å². The van der Waals surface area contributed by atoms with E-state index in [4.69, 9.17) is 5.73 Å². The Balaban J connectivity index is 0.00000256. The summed E-state index contributed by atoms with van der Waals surface area (Å²) in [5.41, 5.74) is 6.38. The van der Waals surface area contributed by atoms with Crippen LogP contribution in [0.25, 0.3) is 0 Å². The van der Waals surface area contributed by atoms with Crippen molar-refractivity contribution in [3.63, 3.8) is 0 Å². The second kappa shape index (κ2) is 8.65. The van der Waals surface area contributed by atoms with Gasteiger partial charge in [-0.3, -0.25) is 0 Å². The van der Waals surface area contributed by atoms with E-state index in [1.807, 2.05) is 0 Å². The van der Waals surface area contributed by atoms with Crippen LogP contribution in [0.5, 0.6) is 0 Å². The van der Waals surface area contributed by atoms with Crippen LogP contribution < -0.4 is 21.6 Å². The number of carbonyl (C=O) groups excluding carboxylic acids is 1. The molecule has 158 valence electrons. The Kier molecular flexibility index (Phi) is 6.55. The predicted octanol–water partition coefficient (Wildman–Crippen LogP) is 4.91. The third-order valence-corrected chi connectivity index (χ3v) is 15.0. The molecule has 4 heteroatoms. The Morgan fingerprint density at radius 3 is 1.33 bits per heavy atom. The Morgan fingerprint density at radius 1 is 0.700 bits per heavy atom. The van der Waals surface area contributed by atoms with E-state index in [0.717, 1.165) is 25.7 Å². The van der Waals surface area contributed by atoms with Gasteiger partial charge in [0, 0.05) is 0 Å². The number of amides is 1. The third-order valence-electron chi connectivity index (χ3n) is 7.41. The van der Waals surface area contributed by atoms with E-state index in [1.165, 1.54) is 22.3 Å². The molecule has 3 aromatic rings. The van der Waals surface area contributed by atoms with Gasteiger partial charge in [0.15, 0.2) is 0 Å². The monoisotopic (exact) mass is 483 g/mol. The molecular weight excluding hydrogens is 453 g/mol. The first kappa shape index (κ1) is 22.7. The predicted molar refractivity (Wildman–Crippen MR) is 136 cm³/mol. The van der Waals surface area contributed by atoms with E-state index in [2.05, 4.69) is 97.7 Å². The molecule has 0 spiro atoms. The van der Waals surface area contributed by atoms with Gasteiger partial charge in [-0.1, -0.05) is 0 Å². The maximum absolute atomic E-state index is 13.5. The average Bonchev–Trinajstić information content (AvgIpc) is 2.80. The Bertz CT molecular complexity index is 886. The van der Waals surface area contributed by atoms with Crippen molar-refractivity contribution in [3.8, 4) is 0 Å². The second-order valence-corrected chi connectivity index (χ2v) is 14.1. The fourth-order valence-corrected chi connectivity index (χ4v) is 12.9. The molecule has 1 aliphatic rings. The molecule has 2 N–H and O–H groups in total. The zero-order valence-electron chi connectivity index (χ0n) is 17.5. The molecule has 1 aliphatic carbocycles. The molecule has 0 bridgehead atoms. The van der Waals surface area contributed by atoms with Crippen molar-refractivity contribution < 1.29 is 4.79 Å². The van der Waals surface area contributed by atoms with Gasteiger partial charge >= 0.3 is 174 Å². The van der Waals surface area contributed by atoms with Gasteiger partial charge in [-0.25, -0.2) is 0 Å². The van der Waals surface area contributed by atoms with E-state index in [-0.39, 0.29) is 22.9 Å². The van der Waals surface area contributed by atoms with E-state index in [1.54, 1.807) is 0 Å². The number of benzene rings is 3. The molecule has 0 aromatic heterocycles.